The van der Waals surface area contributed by atoms with Crippen LogP contribution in [0.15, 0.2) is 0 Å². The van der Waals surface area contributed by atoms with Gasteiger partial charge in [-0.3, -0.25) is 4.79 Å². The van der Waals surface area contributed by atoms with Crippen LogP contribution in [0, 0.1) is 0 Å². The van der Waals surface area contributed by atoms with Crippen LogP contribution in [0.5, 0.6) is 0 Å². The third-order valence-corrected chi connectivity index (χ3v) is 1.70. The Balaban J connectivity index is 3.42. The van der Waals surface area contributed by atoms with Crippen molar-refractivity contribution in [2.45, 2.75) is 32.2 Å². The van der Waals surface area contributed by atoms with Crippen LogP contribution in [0.3, 0.4) is 0 Å². The van der Waals surface area contributed by atoms with Crippen LogP contribution in [0.1, 0.15) is 26.2 Å². The molecular weight excluding hydrogens is 154 g/mol. The molecule has 1 atom stereocenters. The summed E-state index contributed by atoms with van der Waals surface area (Å²) in [7, 11) is 0. The molecular formula is C8H20N3O+. The van der Waals surface area contributed by atoms with Crippen molar-refractivity contribution in [3.63, 3.8) is 0 Å². The molecule has 12 heavy (non-hydrogen) atoms. The first-order chi connectivity index (χ1) is 5.72. The van der Waals surface area contributed by atoms with Gasteiger partial charge in [-0.1, -0.05) is 0 Å². The molecule has 72 valence electrons. The lowest BCUT2D eigenvalue weighted by molar-refractivity contribution is -0.368. The fourth-order valence-corrected chi connectivity index (χ4v) is 0.977. The fourth-order valence-electron chi connectivity index (χ4n) is 0.977. The molecule has 1 unspecified atom stereocenters. The maximum Gasteiger partial charge on any atom is 0.236 e. The number of carbonyl (C=O) groups excluding carboxylic acids is 1. The second kappa shape index (κ2) is 7.06. The maximum absolute atomic E-state index is 11.1. The van der Waals surface area contributed by atoms with Crippen molar-refractivity contribution in [1.82, 2.24) is 5.32 Å². The number of hydrogen-bond donors (Lipinski definition) is 3. The molecule has 0 aromatic carbocycles. The van der Waals surface area contributed by atoms with E-state index in [-0.39, 0.29) is 11.9 Å². The zero-order valence-corrected chi connectivity index (χ0v) is 7.81. The highest BCUT2D eigenvalue weighted by Gasteiger charge is 2.10. The van der Waals surface area contributed by atoms with E-state index in [1.165, 1.54) is 0 Å². The first kappa shape index (κ1) is 11.4. The number of amides is 1. The molecule has 4 nitrogen and oxygen atoms in total. The number of quaternary nitrogens is 1. The number of hydrogen-bond acceptors (Lipinski definition) is 2. The zero-order valence-electron chi connectivity index (χ0n) is 7.81. The van der Waals surface area contributed by atoms with Gasteiger partial charge in [0.25, 0.3) is 0 Å². The molecule has 4 heteroatoms. The second-order valence-electron chi connectivity index (χ2n) is 2.85. The quantitative estimate of drug-likeness (QED) is 0.445. The molecule has 0 saturated heterocycles. The number of unbranched alkanes of at least 4 members (excludes halogenated alkanes) is 1. The van der Waals surface area contributed by atoms with Gasteiger partial charge >= 0.3 is 0 Å². The molecule has 1 amide bonds. The average Bonchev–Trinajstić information content (AvgIpc) is 2.05. The normalized spacial score (nSPS) is 12.6. The van der Waals surface area contributed by atoms with Crippen molar-refractivity contribution >= 4 is 5.91 Å². The predicted molar refractivity (Wildman–Crippen MR) is 48.3 cm³/mol. The van der Waals surface area contributed by atoms with Gasteiger partial charge in [-0.15, -0.1) is 0 Å². The van der Waals surface area contributed by atoms with Crippen LogP contribution in [0.25, 0.3) is 0 Å². The Bertz CT molecular complexity index is 127. The summed E-state index contributed by atoms with van der Waals surface area (Å²) in [5.41, 5.74) is 9.33. The molecule has 0 aliphatic heterocycles. The minimum Gasteiger partial charge on any atom is -0.358 e. The van der Waals surface area contributed by atoms with Gasteiger partial charge in [-0.05, 0) is 26.2 Å². The van der Waals surface area contributed by atoms with E-state index in [1.807, 2.05) is 6.92 Å². The molecule has 0 aliphatic rings. The molecule has 0 spiro atoms. The van der Waals surface area contributed by atoms with Crippen molar-refractivity contribution < 1.29 is 10.5 Å². The van der Waals surface area contributed by atoms with Crippen LogP contribution >= 0.6 is 0 Å². The maximum atomic E-state index is 11.1. The minimum atomic E-state index is -0.337. The van der Waals surface area contributed by atoms with Gasteiger partial charge in [0, 0.05) is 6.54 Å². The number of rotatable bonds is 6. The van der Waals surface area contributed by atoms with Gasteiger partial charge < -0.3 is 16.8 Å². The van der Waals surface area contributed by atoms with E-state index in [9.17, 15) is 4.79 Å². The Morgan fingerprint density at radius 1 is 1.58 bits per heavy atom. The van der Waals surface area contributed by atoms with Crippen LogP contribution in [0.4, 0.5) is 0 Å². The highest BCUT2D eigenvalue weighted by molar-refractivity contribution is 5.81. The summed E-state index contributed by atoms with van der Waals surface area (Å²) in [5, 5.41) is 2.69. The first-order valence-corrected chi connectivity index (χ1v) is 4.55. The Morgan fingerprint density at radius 2 is 2.25 bits per heavy atom. The van der Waals surface area contributed by atoms with Gasteiger partial charge in [-0.25, -0.2) is 0 Å². The summed E-state index contributed by atoms with van der Waals surface area (Å²) < 4.78 is 0. The molecule has 0 saturated carbocycles. The van der Waals surface area contributed by atoms with E-state index in [0.29, 0.717) is 6.54 Å². The lowest BCUT2D eigenvalue weighted by atomic mass is 10.1. The van der Waals surface area contributed by atoms with Crippen molar-refractivity contribution in [2.24, 2.45) is 5.73 Å². The minimum absolute atomic E-state index is 0.0402. The van der Waals surface area contributed by atoms with E-state index in [2.05, 4.69) is 11.1 Å². The summed E-state index contributed by atoms with van der Waals surface area (Å²) in [6.07, 6.45) is 2.80. The predicted octanol–water partition coefficient (Wildman–Crippen LogP) is -1.14. The lowest BCUT2D eigenvalue weighted by Gasteiger charge is -2.09. The average molecular weight is 174 g/mol. The molecule has 0 aliphatic carbocycles. The number of likely N-dealkylation sites (N-methyl/N-ethyl adjacent to an activating group) is 1. The third kappa shape index (κ3) is 5.09. The molecule has 0 heterocycles. The Kier molecular flexibility index (Phi) is 6.70. The molecule has 0 rings (SSSR count). The highest BCUT2D eigenvalue weighted by atomic mass is 16.2. The number of carbonyl (C=O) groups is 1. The number of nitrogens with two attached hydrogens (primary N) is 1. The van der Waals surface area contributed by atoms with Crippen molar-refractivity contribution in [1.29, 1.82) is 0 Å². The lowest BCUT2D eigenvalue weighted by Crippen LogP contribution is -2.50. The van der Waals surface area contributed by atoms with Gasteiger partial charge in [0.15, 0.2) is 0 Å². The molecule has 0 aromatic rings. The van der Waals surface area contributed by atoms with E-state index >= 15 is 0 Å². The molecule has 0 fully saturated rings. The summed E-state index contributed by atoms with van der Waals surface area (Å²) >= 11 is 0. The largest absolute Gasteiger partial charge is 0.358 e. The van der Waals surface area contributed by atoms with E-state index in [1.54, 1.807) is 0 Å². The SMILES string of the molecule is CCNC(=O)C(N)CCCC[NH3+]. The van der Waals surface area contributed by atoms with Crippen molar-refractivity contribution in [3.05, 3.63) is 0 Å². The Morgan fingerprint density at radius 3 is 2.75 bits per heavy atom. The summed E-state index contributed by atoms with van der Waals surface area (Å²) in [6.45, 7) is 3.46. The zero-order chi connectivity index (χ0) is 9.40. The summed E-state index contributed by atoms with van der Waals surface area (Å²) in [6, 6.07) is -0.337. The van der Waals surface area contributed by atoms with Gasteiger partial charge in [0.1, 0.15) is 0 Å². The smallest absolute Gasteiger partial charge is 0.236 e. The van der Waals surface area contributed by atoms with Crippen LogP contribution in [-0.4, -0.2) is 25.0 Å². The van der Waals surface area contributed by atoms with Crippen LogP contribution in [0.2, 0.25) is 0 Å². The highest BCUT2D eigenvalue weighted by Crippen LogP contribution is 1.97. The van der Waals surface area contributed by atoms with Crippen LogP contribution in [-0.2, 0) is 4.79 Å². The number of nitrogens with one attached hydrogen (secondary N) is 1. The second-order valence-corrected chi connectivity index (χ2v) is 2.85. The summed E-state index contributed by atoms with van der Waals surface area (Å²) in [5.74, 6) is -0.0402. The van der Waals surface area contributed by atoms with Gasteiger partial charge in [0.2, 0.25) is 5.91 Å². The van der Waals surface area contributed by atoms with Crippen LogP contribution < -0.4 is 16.8 Å². The monoisotopic (exact) mass is 174 g/mol. The van der Waals surface area contributed by atoms with Crippen molar-refractivity contribution in [3.8, 4) is 0 Å². The topological polar surface area (TPSA) is 82.8 Å². The van der Waals surface area contributed by atoms with Crippen molar-refractivity contribution in [2.75, 3.05) is 13.1 Å². The Labute approximate surface area is 73.7 Å². The summed E-state index contributed by atoms with van der Waals surface area (Å²) in [4.78, 5) is 11.1. The van der Waals surface area contributed by atoms with E-state index in [0.717, 1.165) is 25.8 Å². The molecule has 0 aromatic heterocycles. The van der Waals surface area contributed by atoms with Gasteiger partial charge in [-0.2, -0.15) is 0 Å². The fraction of sp³-hybridized carbons (Fsp3) is 0.875. The molecule has 6 N–H and O–H groups in total. The Hall–Kier alpha value is -0.610. The molecule has 0 bridgehead atoms. The van der Waals surface area contributed by atoms with E-state index < -0.39 is 0 Å². The van der Waals surface area contributed by atoms with Gasteiger partial charge in [0.05, 0.1) is 12.6 Å². The first-order valence-electron chi connectivity index (χ1n) is 4.55. The third-order valence-electron chi connectivity index (χ3n) is 1.70. The molecule has 0 radical (unpaired) electrons. The standard InChI is InChI=1S/C8H19N3O/c1-2-11-8(12)7(10)5-3-4-6-9/h7H,2-6,9-10H2,1H3,(H,11,12)/p+1. The van der Waals surface area contributed by atoms with E-state index in [4.69, 9.17) is 5.73 Å².